The minimum Gasteiger partial charge on any atom is -0.462 e. The van der Waals surface area contributed by atoms with Crippen molar-refractivity contribution in [3.05, 3.63) is 16.0 Å². The zero-order valence-electron chi connectivity index (χ0n) is 10.9. The van der Waals surface area contributed by atoms with Gasteiger partial charge in [-0.2, -0.15) is 0 Å². The lowest BCUT2D eigenvalue weighted by atomic mass is 10.1. The number of sulfonamides is 1. The van der Waals surface area contributed by atoms with Crippen LogP contribution in [0.4, 0.5) is 5.00 Å². The molecule has 0 aliphatic heterocycles. The van der Waals surface area contributed by atoms with Gasteiger partial charge in [0.15, 0.2) is 0 Å². The molecule has 0 atom stereocenters. The van der Waals surface area contributed by atoms with Crippen LogP contribution in [0, 0.1) is 6.92 Å². The summed E-state index contributed by atoms with van der Waals surface area (Å²) in [5.74, 6) is -0.490. The van der Waals surface area contributed by atoms with Gasteiger partial charge in [-0.25, -0.2) is 13.2 Å². The second-order valence-electron chi connectivity index (χ2n) is 3.74. The maximum Gasteiger partial charge on any atom is 0.341 e. The molecule has 0 aromatic carbocycles. The van der Waals surface area contributed by atoms with E-state index in [0.29, 0.717) is 17.0 Å². The van der Waals surface area contributed by atoms with E-state index in [2.05, 4.69) is 20.7 Å². The Morgan fingerprint density at radius 1 is 1.42 bits per heavy atom. The molecule has 108 valence electrons. The summed E-state index contributed by atoms with van der Waals surface area (Å²) in [6.45, 7) is 5.74. The standard InChI is InChI=1S/C11H16BrNO4S2/c1-4-8-7(3)18-10(13-19(15,16)6-12)9(8)11(14)17-5-2/h13H,4-6H2,1-3H3. The van der Waals surface area contributed by atoms with Crippen LogP contribution in [-0.2, 0) is 21.2 Å². The van der Waals surface area contributed by atoms with Crippen LogP contribution in [0.3, 0.4) is 0 Å². The van der Waals surface area contributed by atoms with Gasteiger partial charge in [0.1, 0.15) is 9.66 Å². The Morgan fingerprint density at radius 3 is 2.53 bits per heavy atom. The van der Waals surface area contributed by atoms with E-state index in [4.69, 9.17) is 4.74 Å². The number of hydrogen-bond acceptors (Lipinski definition) is 5. The van der Waals surface area contributed by atoms with Gasteiger partial charge in [-0.15, -0.1) is 11.3 Å². The molecule has 0 aliphatic carbocycles. The number of carbonyl (C=O) groups excluding carboxylic acids is 1. The third-order valence-electron chi connectivity index (χ3n) is 2.43. The number of aryl methyl sites for hydroxylation is 1. The fraction of sp³-hybridized carbons (Fsp3) is 0.545. The Bertz CT molecular complexity index is 565. The molecule has 1 rings (SSSR count). The summed E-state index contributed by atoms with van der Waals surface area (Å²) in [6.07, 6.45) is 0.645. The smallest absolute Gasteiger partial charge is 0.341 e. The van der Waals surface area contributed by atoms with Crippen LogP contribution in [-0.4, -0.2) is 25.7 Å². The number of halogens is 1. The first-order valence-corrected chi connectivity index (χ1v) is 9.31. The third-order valence-corrected chi connectivity index (χ3v) is 6.24. The number of anilines is 1. The molecule has 19 heavy (non-hydrogen) atoms. The van der Waals surface area contributed by atoms with Crippen molar-refractivity contribution in [2.45, 2.75) is 27.2 Å². The summed E-state index contributed by atoms with van der Waals surface area (Å²) in [5, 5.41) is 0.326. The molecule has 5 nitrogen and oxygen atoms in total. The van der Waals surface area contributed by atoms with Gasteiger partial charge in [-0.1, -0.05) is 22.9 Å². The molecule has 0 aliphatic rings. The lowest BCUT2D eigenvalue weighted by molar-refractivity contribution is 0.0527. The molecule has 0 saturated heterocycles. The second-order valence-corrected chi connectivity index (χ2v) is 7.99. The van der Waals surface area contributed by atoms with Crippen molar-refractivity contribution in [3.8, 4) is 0 Å². The zero-order chi connectivity index (χ0) is 14.6. The van der Waals surface area contributed by atoms with E-state index in [0.717, 1.165) is 10.4 Å². The first-order chi connectivity index (χ1) is 8.86. The first-order valence-electron chi connectivity index (χ1n) is 5.72. The molecular weight excluding hydrogens is 354 g/mol. The Hall–Kier alpha value is -0.600. The number of thiophene rings is 1. The van der Waals surface area contributed by atoms with Gasteiger partial charge < -0.3 is 4.74 Å². The highest BCUT2D eigenvalue weighted by Gasteiger charge is 2.24. The van der Waals surface area contributed by atoms with Gasteiger partial charge in [0, 0.05) is 4.88 Å². The summed E-state index contributed by atoms with van der Waals surface area (Å²) < 4.78 is 30.4. The number of hydrogen-bond donors (Lipinski definition) is 1. The summed E-state index contributed by atoms with van der Waals surface area (Å²) >= 11 is 4.15. The summed E-state index contributed by atoms with van der Waals surface area (Å²) in [6, 6.07) is 0. The minimum atomic E-state index is -3.49. The second kappa shape index (κ2) is 6.71. The van der Waals surface area contributed by atoms with E-state index in [1.807, 2.05) is 13.8 Å². The number of carbonyl (C=O) groups is 1. The van der Waals surface area contributed by atoms with E-state index in [9.17, 15) is 13.2 Å². The van der Waals surface area contributed by atoms with Gasteiger partial charge in [-0.05, 0) is 25.8 Å². The van der Waals surface area contributed by atoms with Crippen LogP contribution >= 0.6 is 27.3 Å². The molecule has 1 N–H and O–H groups in total. The molecule has 0 bridgehead atoms. The number of esters is 1. The van der Waals surface area contributed by atoms with E-state index in [1.165, 1.54) is 11.3 Å². The number of alkyl halides is 1. The van der Waals surface area contributed by atoms with Gasteiger partial charge >= 0.3 is 5.97 Å². The molecule has 0 unspecified atom stereocenters. The average molecular weight is 370 g/mol. The molecule has 1 aromatic rings. The molecule has 0 spiro atoms. The highest BCUT2D eigenvalue weighted by Crippen LogP contribution is 2.34. The normalized spacial score (nSPS) is 11.4. The zero-order valence-corrected chi connectivity index (χ0v) is 14.2. The average Bonchev–Trinajstić information content (AvgIpc) is 2.64. The summed E-state index contributed by atoms with van der Waals surface area (Å²) in [5.41, 5.74) is 1.16. The van der Waals surface area contributed by atoms with Gasteiger partial charge in [-0.3, -0.25) is 4.72 Å². The fourth-order valence-electron chi connectivity index (χ4n) is 1.66. The minimum absolute atomic E-state index is 0.222. The molecule has 0 radical (unpaired) electrons. The fourth-order valence-corrected chi connectivity index (χ4v) is 3.98. The Kier molecular flexibility index (Phi) is 5.82. The predicted octanol–water partition coefficient (Wildman–Crippen LogP) is 2.89. The molecule has 0 fully saturated rings. The van der Waals surface area contributed by atoms with Crippen molar-refractivity contribution in [2.75, 3.05) is 16.0 Å². The van der Waals surface area contributed by atoms with Crippen LogP contribution in [0.25, 0.3) is 0 Å². The Balaban J connectivity index is 3.28. The largest absolute Gasteiger partial charge is 0.462 e. The third kappa shape index (κ3) is 3.93. The molecule has 0 saturated carbocycles. The molecule has 0 amide bonds. The van der Waals surface area contributed by atoms with Crippen molar-refractivity contribution < 1.29 is 17.9 Å². The van der Waals surface area contributed by atoms with Crippen molar-refractivity contribution in [1.82, 2.24) is 0 Å². The molecular formula is C11H16BrNO4S2. The predicted molar refractivity (Wildman–Crippen MR) is 80.7 cm³/mol. The maximum absolute atomic E-state index is 12.0. The Labute approximate surface area is 125 Å². The van der Waals surface area contributed by atoms with Gasteiger partial charge in [0.2, 0.25) is 10.0 Å². The van der Waals surface area contributed by atoms with Crippen LogP contribution in [0.5, 0.6) is 0 Å². The van der Waals surface area contributed by atoms with Crippen molar-refractivity contribution in [2.24, 2.45) is 0 Å². The van der Waals surface area contributed by atoms with E-state index >= 15 is 0 Å². The quantitative estimate of drug-likeness (QED) is 0.617. The lowest BCUT2D eigenvalue weighted by Crippen LogP contribution is -2.16. The first kappa shape index (κ1) is 16.5. The highest BCUT2D eigenvalue weighted by atomic mass is 79.9. The molecule has 8 heteroatoms. The number of rotatable bonds is 6. The van der Waals surface area contributed by atoms with Crippen LogP contribution < -0.4 is 4.72 Å². The molecule has 1 heterocycles. The van der Waals surface area contributed by atoms with Crippen molar-refractivity contribution >= 4 is 48.3 Å². The lowest BCUT2D eigenvalue weighted by Gasteiger charge is -2.07. The number of nitrogens with one attached hydrogen (secondary N) is 1. The number of ether oxygens (including phenoxy) is 1. The topological polar surface area (TPSA) is 72.5 Å². The SMILES string of the molecule is CCOC(=O)c1c(NS(=O)(=O)CBr)sc(C)c1CC. The van der Waals surface area contributed by atoms with Crippen molar-refractivity contribution in [1.29, 1.82) is 0 Å². The van der Waals surface area contributed by atoms with Crippen LogP contribution in [0.15, 0.2) is 0 Å². The van der Waals surface area contributed by atoms with E-state index < -0.39 is 16.0 Å². The van der Waals surface area contributed by atoms with E-state index in [-0.39, 0.29) is 11.3 Å². The monoisotopic (exact) mass is 369 g/mol. The van der Waals surface area contributed by atoms with Crippen LogP contribution in [0.2, 0.25) is 0 Å². The van der Waals surface area contributed by atoms with Gasteiger partial charge in [0.05, 0.1) is 12.2 Å². The van der Waals surface area contributed by atoms with Crippen LogP contribution in [0.1, 0.15) is 34.6 Å². The highest BCUT2D eigenvalue weighted by molar-refractivity contribution is 9.10. The van der Waals surface area contributed by atoms with E-state index in [1.54, 1.807) is 6.92 Å². The van der Waals surface area contributed by atoms with Gasteiger partial charge in [0.25, 0.3) is 0 Å². The summed E-state index contributed by atoms with van der Waals surface area (Å²) in [4.78, 5) is 12.9. The maximum atomic E-state index is 12.0. The summed E-state index contributed by atoms with van der Waals surface area (Å²) in [7, 11) is -3.49. The Morgan fingerprint density at radius 2 is 2.05 bits per heavy atom. The van der Waals surface area contributed by atoms with Crippen molar-refractivity contribution in [3.63, 3.8) is 0 Å². The molecule has 1 aromatic heterocycles.